The molecule has 11 rings (SSSR count). The fourth-order valence-electron chi connectivity index (χ4n) is 8.82. The van der Waals surface area contributed by atoms with Gasteiger partial charge in [-0.3, -0.25) is 14.4 Å². The van der Waals surface area contributed by atoms with Crippen LogP contribution in [0, 0.1) is 11.8 Å². The molecular weight excluding hydrogens is 865 g/mol. The number of Topliss-reactive ketones (excluding diaryl/α,β-unsaturated/α-hetero) is 3. The smallest absolute Gasteiger partial charge is 0.367 e. The van der Waals surface area contributed by atoms with Gasteiger partial charge in [0.2, 0.25) is 5.78 Å². The van der Waals surface area contributed by atoms with E-state index in [1.165, 1.54) is 34.0 Å². The van der Waals surface area contributed by atoms with E-state index >= 15 is 9.59 Å². The van der Waals surface area contributed by atoms with Gasteiger partial charge in [0.05, 0.1) is 29.4 Å². The molecule has 4 aromatic heterocycles. The predicted octanol–water partition coefficient (Wildman–Crippen LogP) is 10.0. The van der Waals surface area contributed by atoms with E-state index in [1.54, 1.807) is 60.7 Å². The van der Waals surface area contributed by atoms with Crippen LogP contribution in [-0.4, -0.2) is 45.8 Å². The second kappa shape index (κ2) is 15.1. The van der Waals surface area contributed by atoms with E-state index in [0.29, 0.717) is 69.0 Å². The molecule has 5 heterocycles. The van der Waals surface area contributed by atoms with Gasteiger partial charge in [0, 0.05) is 22.1 Å². The zero-order valence-corrected chi connectivity index (χ0v) is 35.7. The maximum absolute atomic E-state index is 15.0. The standard InChI is InChI=1S/C47H32N2O9S4/c50-36-25-15-7-8-16-26(25)37(51)34(36)48-31-19-29-41(61-31)33-43(59-29)44-40(42-30(60-44)20-32(62-42)49-35-38(52)27-17-9-10-18-28(27)39(35)53)58-47(33,45(54)56-21-23-11-3-1-4-12-23)46(55)57-22-24-13-5-2-6-14-24/h1-6,9-14,17-20,25-26,38,52H,7-8,15-16,21-22H2. The molecule has 62 heavy (non-hydrogen) atoms. The molecule has 2 fully saturated rings. The number of hydrogen-bond acceptors (Lipinski definition) is 15. The summed E-state index contributed by atoms with van der Waals surface area (Å²) in [6.45, 7) is -0.332. The molecule has 3 atom stereocenters. The third kappa shape index (κ3) is 6.16. The lowest BCUT2D eigenvalue weighted by Gasteiger charge is -2.33. The number of thiophene rings is 4. The maximum Gasteiger partial charge on any atom is 0.367 e. The Balaban J connectivity index is 1.06. The van der Waals surface area contributed by atoms with Gasteiger partial charge in [0.25, 0.3) is 0 Å². The van der Waals surface area contributed by atoms with Gasteiger partial charge >= 0.3 is 17.5 Å². The van der Waals surface area contributed by atoms with Gasteiger partial charge in [-0.15, -0.1) is 45.3 Å². The lowest BCUT2D eigenvalue weighted by Crippen LogP contribution is -2.52. The van der Waals surface area contributed by atoms with Gasteiger partial charge in [-0.1, -0.05) is 97.8 Å². The number of carbonyl (C=O) groups excluding carboxylic acids is 5. The Bertz CT molecular complexity index is 3020. The Kier molecular flexibility index (Phi) is 9.50. The van der Waals surface area contributed by atoms with Crippen molar-refractivity contribution in [1.29, 1.82) is 0 Å². The summed E-state index contributed by atoms with van der Waals surface area (Å²) < 4.78 is 21.4. The summed E-state index contributed by atoms with van der Waals surface area (Å²) >= 11 is 5.08. The Morgan fingerprint density at radius 3 is 1.87 bits per heavy atom. The number of hydrogen-bond donors (Lipinski definition) is 1. The van der Waals surface area contributed by atoms with E-state index in [4.69, 9.17) is 14.2 Å². The topological polar surface area (TPSA) is 158 Å². The summed E-state index contributed by atoms with van der Waals surface area (Å²) in [5.74, 6) is -3.25. The number of ether oxygens (including phenoxy) is 3. The fraction of sp³-hybridized carbons (Fsp3) is 0.213. The molecule has 11 nitrogen and oxygen atoms in total. The quantitative estimate of drug-likeness (QED) is 0.116. The molecule has 0 radical (unpaired) electrons. The monoisotopic (exact) mass is 896 g/mol. The molecule has 15 heteroatoms. The van der Waals surface area contributed by atoms with E-state index in [2.05, 4.69) is 9.98 Å². The Labute approximate surface area is 368 Å². The summed E-state index contributed by atoms with van der Waals surface area (Å²) in [5, 5.41) is 11.9. The van der Waals surface area contributed by atoms with E-state index in [1.807, 2.05) is 36.4 Å². The maximum atomic E-state index is 15.0. The van der Waals surface area contributed by atoms with Crippen LogP contribution in [-0.2, 0) is 47.5 Å². The van der Waals surface area contributed by atoms with Crippen molar-refractivity contribution < 1.29 is 43.3 Å². The van der Waals surface area contributed by atoms with Gasteiger partial charge in [-0.25, -0.2) is 19.6 Å². The van der Waals surface area contributed by atoms with Crippen molar-refractivity contribution >= 4 is 115 Å². The number of carbonyl (C=O) groups is 5. The number of ketones is 3. The SMILES string of the molecule is O=C1C(=Nc2cc3sc4c(c3s2)OC(C(=O)OCc2ccccc2)(C(=O)OCc2ccccc2)c2c-4sc3cc(N=C4C(=O)C5CCCCC5C4=O)sc23)C(O)c2ccccc21. The van der Waals surface area contributed by atoms with Gasteiger partial charge in [-0.05, 0) is 41.7 Å². The molecule has 2 saturated carbocycles. The van der Waals surface area contributed by atoms with E-state index in [0.717, 1.165) is 28.9 Å². The molecule has 7 aromatic rings. The van der Waals surface area contributed by atoms with Gasteiger partial charge in [0.15, 0.2) is 23.0 Å². The number of benzene rings is 3. The molecule has 1 N–H and O–H groups in total. The number of rotatable bonds is 8. The summed E-state index contributed by atoms with van der Waals surface area (Å²) in [5.41, 5.74) is -0.0315. The number of esters is 2. The summed E-state index contributed by atoms with van der Waals surface area (Å²) in [7, 11) is 0. The number of fused-ring (bicyclic) bond motifs is 9. The first-order valence-corrected chi connectivity index (χ1v) is 23.3. The highest BCUT2D eigenvalue weighted by Crippen LogP contribution is 2.62. The van der Waals surface area contributed by atoms with Crippen LogP contribution in [0.25, 0.3) is 28.6 Å². The second-order valence-corrected chi connectivity index (χ2v) is 19.7. The second-order valence-electron chi connectivity index (χ2n) is 15.5. The average molecular weight is 897 g/mol. The molecular formula is C47H32N2O9S4. The molecule has 4 aliphatic rings. The van der Waals surface area contributed by atoms with Crippen molar-refractivity contribution in [3.8, 4) is 15.5 Å². The van der Waals surface area contributed by atoms with Gasteiger partial charge in [-0.2, -0.15) is 0 Å². The minimum atomic E-state index is -2.48. The molecule has 3 aliphatic carbocycles. The molecule has 3 unspecified atom stereocenters. The van der Waals surface area contributed by atoms with Crippen molar-refractivity contribution in [2.45, 2.75) is 50.6 Å². The molecule has 1 aliphatic heterocycles. The van der Waals surface area contributed by atoms with E-state index in [9.17, 15) is 19.5 Å². The highest BCUT2D eigenvalue weighted by molar-refractivity contribution is 7.36. The summed E-state index contributed by atoms with van der Waals surface area (Å²) in [6, 6.07) is 28.6. The molecule has 3 aromatic carbocycles. The van der Waals surface area contributed by atoms with Crippen LogP contribution < -0.4 is 4.74 Å². The molecule has 308 valence electrons. The van der Waals surface area contributed by atoms with Gasteiger partial charge < -0.3 is 19.3 Å². The zero-order chi connectivity index (χ0) is 42.3. The summed E-state index contributed by atoms with van der Waals surface area (Å²) in [6.07, 6.45) is 1.93. The Morgan fingerprint density at radius 1 is 0.694 bits per heavy atom. The summed E-state index contributed by atoms with van der Waals surface area (Å²) in [4.78, 5) is 80.9. The molecule has 0 saturated heterocycles. The Morgan fingerprint density at radius 2 is 1.24 bits per heavy atom. The van der Waals surface area contributed by atoms with E-state index < -0.39 is 23.6 Å². The van der Waals surface area contributed by atoms with Crippen LogP contribution in [0.2, 0.25) is 0 Å². The third-order valence-electron chi connectivity index (χ3n) is 11.8. The van der Waals surface area contributed by atoms with Crippen LogP contribution in [0.5, 0.6) is 5.75 Å². The normalized spacial score (nSPS) is 20.5. The average Bonchev–Trinajstić information content (AvgIpc) is 4.13. The van der Waals surface area contributed by atoms with Crippen molar-refractivity contribution in [2.75, 3.05) is 0 Å². The van der Waals surface area contributed by atoms with Crippen LogP contribution in [0.15, 0.2) is 107 Å². The van der Waals surface area contributed by atoms with Crippen molar-refractivity contribution in [3.63, 3.8) is 0 Å². The lowest BCUT2D eigenvalue weighted by molar-refractivity contribution is -0.183. The van der Waals surface area contributed by atoms with Crippen LogP contribution in [0.1, 0.15) is 64.4 Å². The van der Waals surface area contributed by atoms with Crippen LogP contribution in [0.3, 0.4) is 0 Å². The van der Waals surface area contributed by atoms with Crippen LogP contribution in [0.4, 0.5) is 10.0 Å². The van der Waals surface area contributed by atoms with Crippen LogP contribution >= 0.6 is 45.3 Å². The Hall–Kier alpha value is -5.97. The third-order valence-corrected chi connectivity index (χ3v) is 16.6. The number of aliphatic hydroxyl groups is 1. The zero-order valence-electron chi connectivity index (χ0n) is 32.5. The highest BCUT2D eigenvalue weighted by Gasteiger charge is 2.60. The molecule has 0 spiro atoms. The highest BCUT2D eigenvalue weighted by atomic mass is 32.1. The van der Waals surface area contributed by atoms with Gasteiger partial charge in [0.1, 0.15) is 35.0 Å². The fourth-order valence-corrected chi connectivity index (χ4v) is 13.9. The van der Waals surface area contributed by atoms with Crippen molar-refractivity contribution in [3.05, 3.63) is 125 Å². The first-order chi connectivity index (χ1) is 30.2. The first kappa shape index (κ1) is 38.9. The largest absolute Gasteiger partial charge is 0.457 e. The van der Waals surface area contributed by atoms with E-state index in [-0.39, 0.29) is 65.1 Å². The molecule has 0 bridgehead atoms. The lowest BCUT2D eigenvalue weighted by atomic mass is 9.81. The predicted molar refractivity (Wildman–Crippen MR) is 239 cm³/mol. The van der Waals surface area contributed by atoms with Crippen molar-refractivity contribution in [1.82, 2.24) is 0 Å². The first-order valence-electron chi connectivity index (χ1n) is 20.0. The number of nitrogens with zero attached hydrogens (tertiary/aromatic N) is 2. The number of aliphatic imine (C=N–C) groups is 2. The number of aliphatic hydroxyl groups excluding tert-OH is 1. The minimum absolute atomic E-state index is 0.00172. The minimum Gasteiger partial charge on any atom is -0.457 e. The van der Waals surface area contributed by atoms with Crippen molar-refractivity contribution in [2.24, 2.45) is 21.8 Å². The molecule has 0 amide bonds.